The fourth-order valence-electron chi connectivity index (χ4n) is 0.573. The smallest absolute Gasteiger partial charge is 0.00588 e. The maximum Gasteiger partial charge on any atom is 0.00588 e. The summed E-state index contributed by atoms with van der Waals surface area (Å²) in [4.78, 5) is 0. The summed E-state index contributed by atoms with van der Waals surface area (Å²) >= 11 is 5.31. The second-order valence-corrected chi connectivity index (χ2v) is 1.76. The van der Waals surface area contributed by atoms with Gasteiger partial charge in [-0.1, -0.05) is 17.7 Å². The van der Waals surface area contributed by atoms with Gasteiger partial charge in [0, 0.05) is 11.5 Å². The van der Waals surface area contributed by atoms with E-state index in [-0.39, 0.29) is 0 Å². The van der Waals surface area contributed by atoms with Crippen LogP contribution in [0, 0.1) is 31.6 Å². The van der Waals surface area contributed by atoms with Crippen molar-refractivity contribution < 1.29 is 0 Å². The average molecular weight is 126 g/mol. The number of allylic oxidation sites excluding steroid dienone is 1. The third-order valence-electron chi connectivity index (χ3n) is 0.944. The first kappa shape index (κ1) is 6.15. The van der Waals surface area contributed by atoms with E-state index >= 15 is 0 Å². The summed E-state index contributed by atoms with van der Waals surface area (Å²) in [6.45, 7) is 0. The summed E-state index contributed by atoms with van der Waals surface area (Å²) in [5, 5.41) is 0. The fourth-order valence-corrected chi connectivity index (χ4v) is 0.718. The van der Waals surface area contributed by atoms with Crippen molar-refractivity contribution in [2.45, 2.75) is 0 Å². The van der Waals surface area contributed by atoms with Crippen LogP contribution in [0.15, 0.2) is 11.6 Å². The topological polar surface area (TPSA) is 0 Å². The largest absolute Gasteiger partial charge is 0.0933 e. The lowest BCUT2D eigenvalue weighted by atomic mass is 10.1. The van der Waals surface area contributed by atoms with Crippen molar-refractivity contribution in [2.75, 3.05) is 0 Å². The predicted molar refractivity (Wildman–Crippen MR) is 35.4 cm³/mol. The lowest BCUT2D eigenvalue weighted by molar-refractivity contribution is 1.38. The van der Waals surface area contributed by atoms with Crippen LogP contribution in [0.1, 0.15) is 0 Å². The highest BCUT2D eigenvalue weighted by molar-refractivity contribution is 6.25. The van der Waals surface area contributed by atoms with Gasteiger partial charge in [0.2, 0.25) is 0 Å². The zero-order valence-corrected chi connectivity index (χ0v) is 5.10. The summed E-state index contributed by atoms with van der Waals surface area (Å²) in [7, 11) is 0. The Morgan fingerprint density at radius 1 is 1.25 bits per heavy atom. The third-order valence-corrected chi connectivity index (χ3v) is 1.07. The van der Waals surface area contributed by atoms with Crippen LogP contribution in [0.5, 0.6) is 0 Å². The highest BCUT2D eigenvalue weighted by Crippen LogP contribution is 2.23. The van der Waals surface area contributed by atoms with Gasteiger partial charge in [-0.15, -0.1) is 0 Å². The SMILES string of the molecule is Cl/C=C/[C]1[CH][CH][CH][CH]1. The summed E-state index contributed by atoms with van der Waals surface area (Å²) in [6.07, 6.45) is 9.80. The number of hydrogen-bond donors (Lipinski definition) is 0. The van der Waals surface area contributed by atoms with Crippen molar-refractivity contribution in [1.82, 2.24) is 0 Å². The Bertz CT molecular complexity index is 80.4. The van der Waals surface area contributed by atoms with E-state index in [1.807, 2.05) is 31.8 Å². The standard InChI is InChI=1S/C7H6Cl/c8-6-5-7-3-1-2-4-7/h1-6H/b6-5+. The molecule has 41 valence electrons. The van der Waals surface area contributed by atoms with Crippen LogP contribution in [-0.4, -0.2) is 0 Å². The minimum atomic E-state index is 1.15. The summed E-state index contributed by atoms with van der Waals surface area (Å²) in [5.74, 6) is 1.15. The molecular weight excluding hydrogens is 120 g/mol. The van der Waals surface area contributed by atoms with Crippen molar-refractivity contribution in [3.63, 3.8) is 0 Å². The van der Waals surface area contributed by atoms with Gasteiger partial charge in [-0.05, 0) is 25.7 Å². The van der Waals surface area contributed by atoms with Crippen LogP contribution in [-0.2, 0) is 0 Å². The summed E-state index contributed by atoms with van der Waals surface area (Å²) < 4.78 is 0. The van der Waals surface area contributed by atoms with E-state index in [1.165, 1.54) is 5.54 Å². The van der Waals surface area contributed by atoms with Gasteiger partial charge >= 0.3 is 0 Å². The monoisotopic (exact) mass is 125 g/mol. The minimum absolute atomic E-state index is 1.15. The molecule has 0 aromatic heterocycles. The van der Waals surface area contributed by atoms with Gasteiger partial charge in [-0.25, -0.2) is 0 Å². The molecule has 0 amide bonds. The molecule has 0 aromatic carbocycles. The molecule has 1 fully saturated rings. The second kappa shape index (κ2) is 3.13. The molecule has 0 spiro atoms. The van der Waals surface area contributed by atoms with Crippen molar-refractivity contribution in [3.8, 4) is 0 Å². The van der Waals surface area contributed by atoms with Gasteiger partial charge in [-0.2, -0.15) is 0 Å². The Hall–Kier alpha value is 0.0300. The van der Waals surface area contributed by atoms with E-state index in [9.17, 15) is 0 Å². The van der Waals surface area contributed by atoms with Crippen LogP contribution in [0.2, 0.25) is 0 Å². The number of rotatable bonds is 1. The number of halogens is 1. The van der Waals surface area contributed by atoms with Crippen LogP contribution in [0.4, 0.5) is 0 Å². The van der Waals surface area contributed by atoms with Gasteiger partial charge in [0.15, 0.2) is 0 Å². The molecule has 0 aromatic rings. The molecule has 0 bridgehead atoms. The third kappa shape index (κ3) is 1.52. The van der Waals surface area contributed by atoms with Crippen molar-refractivity contribution in [2.24, 2.45) is 0 Å². The first-order valence-electron chi connectivity index (χ1n) is 2.42. The predicted octanol–water partition coefficient (Wildman–Crippen LogP) is 2.14. The van der Waals surface area contributed by atoms with Crippen LogP contribution in [0.25, 0.3) is 0 Å². The molecule has 0 aliphatic heterocycles. The quantitative estimate of drug-likeness (QED) is 0.504. The lowest BCUT2D eigenvalue weighted by Gasteiger charge is -1.93. The van der Waals surface area contributed by atoms with Gasteiger partial charge in [0.05, 0.1) is 0 Å². The highest BCUT2D eigenvalue weighted by Gasteiger charge is 2.12. The van der Waals surface area contributed by atoms with Gasteiger partial charge < -0.3 is 0 Å². The number of hydrogen-bond acceptors (Lipinski definition) is 0. The van der Waals surface area contributed by atoms with E-state index in [0.717, 1.165) is 5.92 Å². The van der Waals surface area contributed by atoms with Gasteiger partial charge in [0.1, 0.15) is 0 Å². The molecule has 1 rings (SSSR count). The molecule has 0 N–H and O–H groups in total. The molecule has 0 saturated heterocycles. The Morgan fingerprint density at radius 2 is 1.88 bits per heavy atom. The normalized spacial score (nSPS) is 23.1. The molecule has 0 unspecified atom stereocenters. The maximum absolute atomic E-state index is 5.31. The molecule has 1 heteroatoms. The summed E-state index contributed by atoms with van der Waals surface area (Å²) in [6, 6.07) is 0. The minimum Gasteiger partial charge on any atom is -0.0933 e. The fraction of sp³-hybridized carbons (Fsp3) is 0. The lowest BCUT2D eigenvalue weighted by Crippen LogP contribution is -1.81. The van der Waals surface area contributed by atoms with Gasteiger partial charge in [-0.3, -0.25) is 0 Å². The first-order valence-corrected chi connectivity index (χ1v) is 2.85. The first-order chi connectivity index (χ1) is 3.93. The second-order valence-electron chi connectivity index (χ2n) is 1.51. The highest BCUT2D eigenvalue weighted by atomic mass is 35.5. The van der Waals surface area contributed by atoms with Gasteiger partial charge in [0.25, 0.3) is 0 Å². The zero-order chi connectivity index (χ0) is 5.82. The molecule has 1 saturated carbocycles. The molecule has 5 radical (unpaired) electrons. The van der Waals surface area contributed by atoms with Crippen LogP contribution in [0.3, 0.4) is 0 Å². The van der Waals surface area contributed by atoms with Crippen molar-refractivity contribution in [1.29, 1.82) is 0 Å². The van der Waals surface area contributed by atoms with E-state index in [1.54, 1.807) is 0 Å². The van der Waals surface area contributed by atoms with Crippen LogP contribution < -0.4 is 0 Å². The van der Waals surface area contributed by atoms with E-state index in [2.05, 4.69) is 0 Å². The zero-order valence-electron chi connectivity index (χ0n) is 4.34. The van der Waals surface area contributed by atoms with Crippen molar-refractivity contribution in [3.05, 3.63) is 43.2 Å². The molecule has 0 heterocycles. The molecule has 1 aliphatic carbocycles. The molecule has 8 heavy (non-hydrogen) atoms. The Balaban J connectivity index is 2.24. The molecular formula is C7H6Cl. The maximum atomic E-state index is 5.31. The molecule has 1 aliphatic rings. The van der Waals surface area contributed by atoms with Crippen molar-refractivity contribution >= 4 is 11.6 Å². The molecule has 0 nitrogen and oxygen atoms in total. The van der Waals surface area contributed by atoms with E-state index < -0.39 is 0 Å². The summed E-state index contributed by atoms with van der Waals surface area (Å²) in [5.41, 5.74) is 1.51. The van der Waals surface area contributed by atoms with Crippen LogP contribution >= 0.6 is 11.6 Å². The van der Waals surface area contributed by atoms with E-state index in [4.69, 9.17) is 11.6 Å². The Morgan fingerprint density at radius 3 is 2.38 bits per heavy atom. The average Bonchev–Trinajstić information content (AvgIpc) is 2.19. The Labute approximate surface area is 55.5 Å². The Kier molecular flexibility index (Phi) is 2.41. The molecule has 0 atom stereocenters. The van der Waals surface area contributed by atoms with E-state index in [0.29, 0.717) is 0 Å².